The number of likely N-dealkylation sites (N-methyl/N-ethyl adjacent to an activating group) is 1. The van der Waals surface area contributed by atoms with Gasteiger partial charge in [-0.2, -0.15) is 0 Å². The summed E-state index contributed by atoms with van der Waals surface area (Å²) in [5, 5.41) is 0. The maximum Gasteiger partial charge on any atom is 0.117 e. The van der Waals surface area contributed by atoms with Gasteiger partial charge in [0.2, 0.25) is 0 Å². The van der Waals surface area contributed by atoms with Gasteiger partial charge in [-0.05, 0) is 6.08 Å². The van der Waals surface area contributed by atoms with Crippen molar-refractivity contribution in [1.29, 1.82) is 0 Å². The van der Waals surface area contributed by atoms with Crippen molar-refractivity contribution in [3.8, 4) is 0 Å². The first-order chi connectivity index (χ1) is 5.21. The van der Waals surface area contributed by atoms with Crippen molar-refractivity contribution in [3.63, 3.8) is 0 Å². The van der Waals surface area contributed by atoms with Gasteiger partial charge in [0.15, 0.2) is 0 Å². The Hall–Kier alpha value is 0.0500. The second-order valence-electron chi connectivity index (χ2n) is 4.05. The molecule has 2 atom stereocenters. The van der Waals surface area contributed by atoms with Gasteiger partial charge in [0.1, 0.15) is 12.1 Å². The summed E-state index contributed by atoms with van der Waals surface area (Å²) in [7, 11) is 4.75. The van der Waals surface area contributed by atoms with Gasteiger partial charge in [-0.15, -0.1) is 11.8 Å². The van der Waals surface area contributed by atoms with E-state index in [0.29, 0.717) is 0 Å². The van der Waals surface area contributed by atoms with Gasteiger partial charge in [0, 0.05) is 17.9 Å². The number of hydrogen-bond acceptors (Lipinski definition) is 1. The third-order valence-corrected chi connectivity index (χ3v) is 4.36. The van der Waals surface area contributed by atoms with Crippen molar-refractivity contribution in [2.24, 2.45) is 0 Å². The maximum atomic E-state index is 2.41. The van der Waals surface area contributed by atoms with Gasteiger partial charge >= 0.3 is 0 Å². The first-order valence-electron chi connectivity index (χ1n) is 4.29. The van der Waals surface area contributed by atoms with Crippen molar-refractivity contribution in [3.05, 3.63) is 12.2 Å². The van der Waals surface area contributed by atoms with Crippen molar-refractivity contribution < 1.29 is 4.48 Å². The molecule has 0 radical (unpaired) electrons. The van der Waals surface area contributed by atoms with Crippen LogP contribution >= 0.6 is 11.8 Å². The van der Waals surface area contributed by atoms with E-state index < -0.39 is 0 Å². The fraction of sp³-hybridized carbons (Fsp3) is 0.778. The predicted molar refractivity (Wildman–Crippen MR) is 50.8 cm³/mol. The van der Waals surface area contributed by atoms with E-state index in [2.05, 4.69) is 38.0 Å². The summed E-state index contributed by atoms with van der Waals surface area (Å²) < 4.78 is 1.23. The number of quaternary nitrogens is 1. The molecule has 0 aromatic heterocycles. The van der Waals surface area contributed by atoms with Crippen molar-refractivity contribution in [2.45, 2.75) is 18.5 Å². The minimum atomic E-state index is 0.785. The molecule has 2 aliphatic heterocycles. The third-order valence-electron chi connectivity index (χ3n) is 3.16. The van der Waals surface area contributed by atoms with Crippen LogP contribution in [0.25, 0.3) is 0 Å². The van der Waals surface area contributed by atoms with Gasteiger partial charge in [-0.3, -0.25) is 0 Å². The van der Waals surface area contributed by atoms with Gasteiger partial charge in [-0.25, -0.2) is 0 Å². The Balaban J connectivity index is 2.28. The van der Waals surface area contributed by atoms with Crippen LogP contribution in [0.4, 0.5) is 0 Å². The van der Waals surface area contributed by atoms with Crippen LogP contribution in [0.3, 0.4) is 0 Å². The Morgan fingerprint density at radius 1 is 1.36 bits per heavy atom. The molecule has 0 aliphatic carbocycles. The highest BCUT2D eigenvalue weighted by Gasteiger charge is 2.40. The van der Waals surface area contributed by atoms with Gasteiger partial charge in [0.25, 0.3) is 0 Å². The quantitative estimate of drug-likeness (QED) is 0.392. The Labute approximate surface area is 73.1 Å². The average molecular weight is 170 g/mol. The first-order valence-corrected chi connectivity index (χ1v) is 5.44. The first kappa shape index (κ1) is 7.69. The summed E-state index contributed by atoms with van der Waals surface area (Å²) in [6.45, 7) is 0. The normalized spacial score (nSPS) is 40.5. The molecule has 62 valence electrons. The molecule has 2 aliphatic rings. The van der Waals surface area contributed by atoms with Gasteiger partial charge in [-0.1, -0.05) is 6.08 Å². The SMILES string of the molecule is C[N+]1(C)[C@@H]2CC=C[C@@H]1CSC2. The Morgan fingerprint density at radius 2 is 2.18 bits per heavy atom. The zero-order chi connectivity index (χ0) is 7.90. The van der Waals surface area contributed by atoms with Crippen LogP contribution in [-0.4, -0.2) is 42.2 Å². The fourth-order valence-electron chi connectivity index (χ4n) is 1.99. The molecule has 2 bridgehead atoms. The molecule has 0 N–H and O–H groups in total. The summed E-state index contributed by atoms with van der Waals surface area (Å²) in [6, 6.07) is 1.66. The second kappa shape index (κ2) is 2.53. The Bertz CT molecular complexity index is 186. The molecule has 1 saturated heterocycles. The molecule has 2 rings (SSSR count). The Kier molecular flexibility index (Phi) is 1.77. The number of fused-ring (bicyclic) bond motifs is 2. The highest BCUT2D eigenvalue weighted by Crippen LogP contribution is 2.32. The number of rotatable bonds is 0. The van der Waals surface area contributed by atoms with Crippen LogP contribution in [0.2, 0.25) is 0 Å². The monoisotopic (exact) mass is 170 g/mol. The molecule has 1 fully saturated rings. The minimum absolute atomic E-state index is 0.785. The molecule has 2 heteroatoms. The standard InChI is InChI=1S/C9H16NS/c1-10(2)8-4-3-5-9(10)7-11-6-8/h3-4,8-9H,5-7H2,1-2H3/q+1/t8-,9-/m1/s1. The largest absolute Gasteiger partial charge is 0.319 e. The van der Waals surface area contributed by atoms with E-state index in [1.807, 2.05) is 0 Å². The molecule has 0 amide bonds. The summed E-state index contributed by atoms with van der Waals surface area (Å²) in [5.74, 6) is 2.67. The highest BCUT2D eigenvalue weighted by molar-refractivity contribution is 7.99. The molecule has 0 saturated carbocycles. The lowest BCUT2D eigenvalue weighted by Crippen LogP contribution is -2.61. The molecule has 2 heterocycles. The van der Waals surface area contributed by atoms with Gasteiger partial charge < -0.3 is 4.48 Å². The lowest BCUT2D eigenvalue weighted by molar-refractivity contribution is -0.929. The molecular weight excluding hydrogens is 154 g/mol. The predicted octanol–water partition coefficient (Wildman–Crippen LogP) is 1.51. The third kappa shape index (κ3) is 1.13. The van der Waals surface area contributed by atoms with Crippen LogP contribution in [-0.2, 0) is 0 Å². The van der Waals surface area contributed by atoms with Crippen molar-refractivity contribution >= 4 is 11.8 Å². The molecule has 11 heavy (non-hydrogen) atoms. The van der Waals surface area contributed by atoms with E-state index in [-0.39, 0.29) is 0 Å². The second-order valence-corrected chi connectivity index (χ2v) is 5.13. The lowest BCUT2D eigenvalue weighted by atomic mass is 10.0. The van der Waals surface area contributed by atoms with Crippen molar-refractivity contribution in [1.82, 2.24) is 0 Å². The number of nitrogens with zero attached hydrogens (tertiary/aromatic N) is 1. The Morgan fingerprint density at radius 3 is 2.82 bits per heavy atom. The van der Waals surface area contributed by atoms with E-state index in [1.165, 1.54) is 22.4 Å². The maximum absolute atomic E-state index is 2.41. The highest BCUT2D eigenvalue weighted by atomic mass is 32.2. The van der Waals surface area contributed by atoms with E-state index in [9.17, 15) is 0 Å². The fourth-order valence-corrected chi connectivity index (χ4v) is 3.65. The summed E-state index contributed by atoms with van der Waals surface area (Å²) in [4.78, 5) is 0. The zero-order valence-electron chi connectivity index (χ0n) is 7.29. The van der Waals surface area contributed by atoms with Crippen LogP contribution in [0.1, 0.15) is 6.42 Å². The summed E-state index contributed by atoms with van der Waals surface area (Å²) >= 11 is 2.12. The molecule has 0 aromatic rings. The molecule has 0 unspecified atom stereocenters. The van der Waals surface area contributed by atoms with E-state index >= 15 is 0 Å². The van der Waals surface area contributed by atoms with Gasteiger partial charge in [0.05, 0.1) is 14.1 Å². The van der Waals surface area contributed by atoms with Crippen LogP contribution in [0.5, 0.6) is 0 Å². The molecule has 0 spiro atoms. The van der Waals surface area contributed by atoms with E-state index in [0.717, 1.165) is 12.1 Å². The minimum Gasteiger partial charge on any atom is -0.319 e. The van der Waals surface area contributed by atoms with Crippen LogP contribution in [0.15, 0.2) is 12.2 Å². The smallest absolute Gasteiger partial charge is 0.117 e. The molecular formula is C9H16NS+. The van der Waals surface area contributed by atoms with Crippen LogP contribution in [0, 0.1) is 0 Å². The number of hydrogen-bond donors (Lipinski definition) is 0. The molecule has 1 nitrogen and oxygen atoms in total. The molecule has 0 aromatic carbocycles. The lowest BCUT2D eigenvalue weighted by Gasteiger charge is -2.48. The average Bonchev–Trinajstić information content (AvgIpc) is 1.82. The zero-order valence-corrected chi connectivity index (χ0v) is 8.10. The summed E-state index contributed by atoms with van der Waals surface area (Å²) in [6.07, 6.45) is 6.07. The topological polar surface area (TPSA) is 0 Å². The summed E-state index contributed by atoms with van der Waals surface area (Å²) in [5.41, 5.74) is 0. The van der Waals surface area contributed by atoms with Crippen molar-refractivity contribution in [2.75, 3.05) is 25.6 Å². The van der Waals surface area contributed by atoms with E-state index in [4.69, 9.17) is 0 Å². The number of thioether (sulfide) groups is 1. The van der Waals surface area contributed by atoms with Crippen LogP contribution < -0.4 is 0 Å². The van der Waals surface area contributed by atoms with E-state index in [1.54, 1.807) is 0 Å².